The number of rotatable bonds is 3. The second-order valence-electron chi connectivity index (χ2n) is 4.45. The number of aromatic amines is 1. The maximum absolute atomic E-state index is 9.30. The molecule has 0 fully saturated rings. The third kappa shape index (κ3) is 2.12. The molecule has 100 valence electrons. The number of fused-ring (bicyclic) bond motifs is 1. The Kier molecular flexibility index (Phi) is 3.13. The molecule has 0 bridgehead atoms. The van der Waals surface area contributed by atoms with Crippen molar-refractivity contribution in [2.24, 2.45) is 5.16 Å². The molecule has 0 aliphatic heterocycles. The largest absolute Gasteiger partial charge is 0.497 e. The number of aromatic nitrogens is 1. The first kappa shape index (κ1) is 12.3. The summed E-state index contributed by atoms with van der Waals surface area (Å²) in [4.78, 5) is 3.25. The fraction of sp³-hybridized carbons (Fsp3) is 0.0625. The normalized spacial score (nSPS) is 11.8. The van der Waals surface area contributed by atoms with Crippen LogP contribution in [0.5, 0.6) is 5.75 Å². The minimum Gasteiger partial charge on any atom is -0.497 e. The van der Waals surface area contributed by atoms with Crippen molar-refractivity contribution < 1.29 is 9.94 Å². The van der Waals surface area contributed by atoms with Crippen molar-refractivity contribution in [2.45, 2.75) is 0 Å². The summed E-state index contributed by atoms with van der Waals surface area (Å²) in [7, 11) is 1.64. The molecule has 3 rings (SSSR count). The Hall–Kier alpha value is -2.75. The predicted molar refractivity (Wildman–Crippen MR) is 78.7 cm³/mol. The molecule has 1 aromatic heterocycles. The molecular formula is C16H14N2O2. The maximum atomic E-state index is 9.30. The number of ether oxygens (including phenoxy) is 1. The van der Waals surface area contributed by atoms with Crippen LogP contribution in [0.4, 0.5) is 0 Å². The van der Waals surface area contributed by atoms with Crippen molar-refractivity contribution >= 4 is 16.6 Å². The SMILES string of the molecule is COc1ccc2[nH]c(/C(=N/O)c3ccccc3)cc2c1. The Morgan fingerprint density at radius 1 is 1.10 bits per heavy atom. The molecule has 20 heavy (non-hydrogen) atoms. The van der Waals surface area contributed by atoms with E-state index in [-0.39, 0.29) is 0 Å². The third-order valence-electron chi connectivity index (χ3n) is 3.23. The minimum atomic E-state index is 0.515. The van der Waals surface area contributed by atoms with Gasteiger partial charge in [0.25, 0.3) is 0 Å². The molecule has 4 heteroatoms. The lowest BCUT2D eigenvalue weighted by Gasteiger charge is -2.01. The quantitative estimate of drug-likeness (QED) is 0.433. The monoisotopic (exact) mass is 266 g/mol. The molecule has 0 spiro atoms. The fourth-order valence-electron chi connectivity index (χ4n) is 2.23. The van der Waals surface area contributed by atoms with Crippen molar-refractivity contribution in [3.05, 3.63) is 65.9 Å². The van der Waals surface area contributed by atoms with Crippen LogP contribution < -0.4 is 4.74 Å². The summed E-state index contributed by atoms with van der Waals surface area (Å²) in [5.74, 6) is 0.797. The van der Waals surface area contributed by atoms with Crippen LogP contribution in [-0.4, -0.2) is 23.0 Å². The average molecular weight is 266 g/mol. The van der Waals surface area contributed by atoms with Crippen molar-refractivity contribution in [1.82, 2.24) is 4.98 Å². The van der Waals surface area contributed by atoms with E-state index >= 15 is 0 Å². The number of oxime groups is 1. The van der Waals surface area contributed by atoms with Gasteiger partial charge in [-0.1, -0.05) is 35.5 Å². The zero-order chi connectivity index (χ0) is 13.9. The van der Waals surface area contributed by atoms with Crippen LogP contribution in [0.1, 0.15) is 11.3 Å². The first-order chi connectivity index (χ1) is 9.81. The summed E-state index contributed by atoms with van der Waals surface area (Å²) in [6.07, 6.45) is 0. The number of nitrogens with one attached hydrogen (secondary N) is 1. The van der Waals surface area contributed by atoms with E-state index in [1.165, 1.54) is 0 Å². The Balaban J connectivity index is 2.09. The average Bonchev–Trinajstić information content (AvgIpc) is 2.91. The van der Waals surface area contributed by atoms with Gasteiger partial charge in [0.05, 0.1) is 12.8 Å². The van der Waals surface area contributed by atoms with Gasteiger partial charge in [0, 0.05) is 16.5 Å². The lowest BCUT2D eigenvalue weighted by atomic mass is 10.1. The van der Waals surface area contributed by atoms with Crippen molar-refractivity contribution in [3.63, 3.8) is 0 Å². The van der Waals surface area contributed by atoms with Crippen LogP contribution >= 0.6 is 0 Å². The van der Waals surface area contributed by atoms with Gasteiger partial charge in [-0.05, 0) is 24.3 Å². The Morgan fingerprint density at radius 3 is 2.60 bits per heavy atom. The summed E-state index contributed by atoms with van der Waals surface area (Å²) < 4.78 is 5.21. The molecule has 0 radical (unpaired) electrons. The molecule has 0 aliphatic carbocycles. The zero-order valence-corrected chi connectivity index (χ0v) is 11.0. The van der Waals surface area contributed by atoms with Crippen molar-refractivity contribution in [1.29, 1.82) is 0 Å². The highest BCUT2D eigenvalue weighted by atomic mass is 16.5. The molecule has 0 unspecified atom stereocenters. The van der Waals surface area contributed by atoms with Gasteiger partial charge in [0.1, 0.15) is 11.5 Å². The topological polar surface area (TPSA) is 57.6 Å². The number of hydrogen-bond donors (Lipinski definition) is 2. The zero-order valence-electron chi connectivity index (χ0n) is 11.0. The van der Waals surface area contributed by atoms with Crippen LogP contribution in [0, 0.1) is 0 Å². The van der Waals surface area contributed by atoms with E-state index in [4.69, 9.17) is 4.74 Å². The smallest absolute Gasteiger partial charge is 0.133 e. The Morgan fingerprint density at radius 2 is 1.90 bits per heavy atom. The lowest BCUT2D eigenvalue weighted by Crippen LogP contribution is -2.03. The second kappa shape index (κ2) is 5.09. The van der Waals surface area contributed by atoms with E-state index in [2.05, 4.69) is 10.1 Å². The van der Waals surface area contributed by atoms with E-state index in [1.807, 2.05) is 54.6 Å². The molecule has 2 aromatic carbocycles. The van der Waals surface area contributed by atoms with Gasteiger partial charge >= 0.3 is 0 Å². The summed E-state index contributed by atoms with van der Waals surface area (Å²) in [6.45, 7) is 0. The number of methoxy groups -OCH3 is 1. The molecule has 1 heterocycles. The Labute approximate surface area is 116 Å². The molecular weight excluding hydrogens is 252 g/mol. The van der Waals surface area contributed by atoms with E-state index in [0.717, 1.165) is 27.9 Å². The molecule has 0 atom stereocenters. The highest BCUT2D eigenvalue weighted by Gasteiger charge is 2.11. The molecule has 0 aliphatic rings. The fourth-order valence-corrected chi connectivity index (χ4v) is 2.23. The van der Waals surface area contributed by atoms with Gasteiger partial charge in [-0.3, -0.25) is 0 Å². The van der Waals surface area contributed by atoms with Crippen LogP contribution in [0.15, 0.2) is 59.8 Å². The second-order valence-corrected chi connectivity index (χ2v) is 4.45. The standard InChI is InChI=1S/C16H14N2O2/c1-20-13-7-8-14-12(9-13)10-15(17-14)16(18-19)11-5-3-2-4-6-11/h2-10,17,19H,1H3/b18-16+. The molecule has 2 N–H and O–H groups in total. The number of benzene rings is 2. The summed E-state index contributed by atoms with van der Waals surface area (Å²) in [6, 6.07) is 17.3. The highest BCUT2D eigenvalue weighted by molar-refractivity contribution is 6.13. The number of hydrogen-bond acceptors (Lipinski definition) is 3. The molecule has 0 amide bonds. The third-order valence-corrected chi connectivity index (χ3v) is 3.23. The lowest BCUT2D eigenvalue weighted by molar-refractivity contribution is 0.319. The molecule has 0 saturated carbocycles. The van der Waals surface area contributed by atoms with Crippen molar-refractivity contribution in [3.8, 4) is 5.75 Å². The van der Waals surface area contributed by atoms with E-state index < -0.39 is 0 Å². The number of H-pyrrole nitrogens is 1. The number of nitrogens with zero attached hydrogens (tertiary/aromatic N) is 1. The summed E-state index contributed by atoms with van der Waals surface area (Å²) in [5, 5.41) is 13.7. The first-order valence-electron chi connectivity index (χ1n) is 6.26. The molecule has 3 aromatic rings. The Bertz CT molecular complexity index is 761. The van der Waals surface area contributed by atoms with Crippen LogP contribution in [0.25, 0.3) is 10.9 Å². The first-order valence-corrected chi connectivity index (χ1v) is 6.26. The van der Waals surface area contributed by atoms with E-state index in [9.17, 15) is 5.21 Å². The van der Waals surface area contributed by atoms with E-state index in [1.54, 1.807) is 7.11 Å². The van der Waals surface area contributed by atoms with Gasteiger partial charge in [-0.25, -0.2) is 0 Å². The van der Waals surface area contributed by atoms with Crippen LogP contribution in [0.2, 0.25) is 0 Å². The van der Waals surface area contributed by atoms with Gasteiger partial charge in [0.2, 0.25) is 0 Å². The summed E-state index contributed by atoms with van der Waals surface area (Å²) >= 11 is 0. The highest BCUT2D eigenvalue weighted by Crippen LogP contribution is 2.23. The minimum absolute atomic E-state index is 0.515. The van der Waals surface area contributed by atoms with Gasteiger partial charge in [-0.2, -0.15) is 0 Å². The van der Waals surface area contributed by atoms with Crippen LogP contribution in [-0.2, 0) is 0 Å². The van der Waals surface area contributed by atoms with Gasteiger partial charge in [-0.15, -0.1) is 0 Å². The van der Waals surface area contributed by atoms with Crippen molar-refractivity contribution in [2.75, 3.05) is 7.11 Å². The van der Waals surface area contributed by atoms with Gasteiger partial charge < -0.3 is 14.9 Å². The predicted octanol–water partition coefficient (Wildman–Crippen LogP) is 3.40. The van der Waals surface area contributed by atoms with E-state index in [0.29, 0.717) is 5.71 Å². The van der Waals surface area contributed by atoms with Gasteiger partial charge in [0.15, 0.2) is 0 Å². The maximum Gasteiger partial charge on any atom is 0.133 e. The summed E-state index contributed by atoms with van der Waals surface area (Å²) in [5.41, 5.74) is 3.11. The van der Waals surface area contributed by atoms with Crippen LogP contribution in [0.3, 0.4) is 0 Å². The molecule has 4 nitrogen and oxygen atoms in total. The molecule has 0 saturated heterocycles.